The van der Waals surface area contributed by atoms with Gasteiger partial charge in [-0.3, -0.25) is 4.99 Å². The van der Waals surface area contributed by atoms with Crippen LogP contribution in [-0.4, -0.2) is 16.7 Å². The topological polar surface area (TPSA) is 51.5 Å². The molecule has 20 heavy (non-hydrogen) atoms. The molecule has 0 aliphatic carbocycles. The molecule has 2 aromatic rings. The van der Waals surface area contributed by atoms with Crippen LogP contribution in [0.15, 0.2) is 52.1 Å². The van der Waals surface area contributed by atoms with E-state index in [9.17, 15) is 0 Å². The maximum atomic E-state index is 5.91. The van der Waals surface area contributed by atoms with Gasteiger partial charge in [0.25, 0.3) is 0 Å². The van der Waals surface area contributed by atoms with E-state index in [1.807, 2.05) is 36.4 Å². The fourth-order valence-corrected chi connectivity index (χ4v) is 2.83. The van der Waals surface area contributed by atoms with E-state index < -0.39 is 0 Å². The second kappa shape index (κ2) is 5.38. The largest absolute Gasteiger partial charge is 0.469 e. The highest BCUT2D eigenvalue weighted by molar-refractivity contribution is 7.80. The number of nitrogens with zero attached hydrogens (tertiary/aromatic N) is 1. The summed E-state index contributed by atoms with van der Waals surface area (Å²) in [4.78, 5) is 5.07. The second-order valence-corrected chi connectivity index (χ2v) is 5.66. The van der Waals surface area contributed by atoms with E-state index in [-0.39, 0.29) is 12.0 Å². The van der Waals surface area contributed by atoms with E-state index in [4.69, 9.17) is 34.0 Å². The molecule has 1 aromatic heterocycles. The van der Waals surface area contributed by atoms with Crippen molar-refractivity contribution in [2.45, 2.75) is 18.4 Å². The highest BCUT2D eigenvalue weighted by Crippen LogP contribution is 2.34. The van der Waals surface area contributed by atoms with Crippen molar-refractivity contribution in [2.24, 2.45) is 10.7 Å². The predicted octanol–water partition coefficient (Wildman–Crippen LogP) is 3.56. The summed E-state index contributed by atoms with van der Waals surface area (Å²) in [6, 6.07) is 11.2. The van der Waals surface area contributed by atoms with E-state index in [0.29, 0.717) is 10.0 Å². The number of halogens is 1. The summed E-state index contributed by atoms with van der Waals surface area (Å²) in [6.45, 7) is 0. The highest BCUT2D eigenvalue weighted by atomic mass is 35.5. The Hall–Kier alpha value is -1.65. The predicted molar refractivity (Wildman–Crippen MR) is 84.6 cm³/mol. The van der Waals surface area contributed by atoms with Crippen LogP contribution in [0.5, 0.6) is 0 Å². The Morgan fingerprint density at radius 1 is 1.30 bits per heavy atom. The van der Waals surface area contributed by atoms with Crippen molar-refractivity contribution in [1.82, 2.24) is 0 Å². The average Bonchev–Trinajstić information content (AvgIpc) is 3.08. The zero-order chi connectivity index (χ0) is 14.1. The SMILES string of the molecule is NC(=S)C1N=C(c2ccc(Cl)cc2)CC1c1ccco1. The van der Waals surface area contributed by atoms with Gasteiger partial charge in [0.15, 0.2) is 0 Å². The lowest BCUT2D eigenvalue weighted by Gasteiger charge is -2.13. The Balaban J connectivity index is 1.92. The maximum absolute atomic E-state index is 5.91. The third-order valence-electron chi connectivity index (χ3n) is 3.47. The smallest absolute Gasteiger partial charge is 0.110 e. The third kappa shape index (κ3) is 2.49. The number of furan rings is 1. The van der Waals surface area contributed by atoms with E-state index in [1.54, 1.807) is 6.26 Å². The van der Waals surface area contributed by atoms with Crippen LogP contribution in [0.4, 0.5) is 0 Å². The van der Waals surface area contributed by atoms with Crippen LogP contribution < -0.4 is 5.73 Å². The lowest BCUT2D eigenvalue weighted by molar-refractivity contribution is 0.464. The van der Waals surface area contributed by atoms with Crippen LogP contribution in [0.25, 0.3) is 0 Å². The molecule has 2 N–H and O–H groups in total. The molecule has 5 heteroatoms. The Bertz CT molecular complexity index is 649. The molecule has 1 aliphatic rings. The molecule has 2 atom stereocenters. The first-order chi connectivity index (χ1) is 9.65. The van der Waals surface area contributed by atoms with Gasteiger partial charge in [-0.2, -0.15) is 0 Å². The molecule has 0 amide bonds. The summed E-state index contributed by atoms with van der Waals surface area (Å²) < 4.78 is 5.49. The van der Waals surface area contributed by atoms with Crippen LogP contribution in [0.1, 0.15) is 23.7 Å². The molecule has 0 saturated carbocycles. The van der Waals surface area contributed by atoms with Gasteiger partial charge in [0.1, 0.15) is 11.8 Å². The Kier molecular flexibility index (Phi) is 3.59. The third-order valence-corrected chi connectivity index (χ3v) is 3.96. The van der Waals surface area contributed by atoms with Gasteiger partial charge in [-0.15, -0.1) is 0 Å². The van der Waals surface area contributed by atoms with E-state index in [0.717, 1.165) is 23.5 Å². The molecular weight excluding hydrogens is 292 g/mol. The van der Waals surface area contributed by atoms with Crippen molar-refractivity contribution >= 4 is 34.5 Å². The molecule has 3 rings (SSSR count). The molecule has 0 bridgehead atoms. The minimum absolute atomic E-state index is 0.0770. The van der Waals surface area contributed by atoms with Crippen LogP contribution in [0.2, 0.25) is 5.02 Å². The zero-order valence-electron chi connectivity index (χ0n) is 10.6. The molecule has 0 fully saturated rings. The molecule has 0 radical (unpaired) electrons. The standard InChI is InChI=1S/C15H13ClN2OS/c16-10-5-3-9(4-6-10)12-8-11(13-2-1-7-19-13)14(18-12)15(17)20/h1-7,11,14H,8H2,(H2,17,20). The number of thiocarbonyl (C=S) groups is 1. The number of benzene rings is 1. The number of hydrogen-bond acceptors (Lipinski definition) is 3. The van der Waals surface area contributed by atoms with Gasteiger partial charge in [-0.05, 0) is 29.8 Å². The minimum atomic E-state index is -0.207. The molecular formula is C15H13ClN2OS. The van der Waals surface area contributed by atoms with Gasteiger partial charge in [-0.25, -0.2) is 0 Å². The van der Waals surface area contributed by atoms with Crippen molar-refractivity contribution in [1.29, 1.82) is 0 Å². The number of aliphatic imine (C=N–C) groups is 1. The number of hydrogen-bond donors (Lipinski definition) is 1. The van der Waals surface area contributed by atoms with Gasteiger partial charge in [0.05, 0.1) is 17.2 Å². The van der Waals surface area contributed by atoms with E-state index in [1.165, 1.54) is 0 Å². The first-order valence-electron chi connectivity index (χ1n) is 6.30. The van der Waals surface area contributed by atoms with Gasteiger partial charge < -0.3 is 10.2 Å². The highest BCUT2D eigenvalue weighted by Gasteiger charge is 2.34. The van der Waals surface area contributed by atoms with Crippen molar-refractivity contribution in [3.8, 4) is 0 Å². The number of nitrogens with two attached hydrogens (primary N) is 1. The summed E-state index contributed by atoms with van der Waals surface area (Å²) in [5.74, 6) is 0.948. The quantitative estimate of drug-likeness (QED) is 0.882. The van der Waals surface area contributed by atoms with Crippen molar-refractivity contribution in [3.63, 3.8) is 0 Å². The fraction of sp³-hybridized carbons (Fsp3) is 0.200. The fourth-order valence-electron chi connectivity index (χ4n) is 2.49. The maximum Gasteiger partial charge on any atom is 0.110 e. The van der Waals surface area contributed by atoms with E-state index >= 15 is 0 Å². The summed E-state index contributed by atoms with van der Waals surface area (Å²) in [6.07, 6.45) is 2.42. The molecule has 3 nitrogen and oxygen atoms in total. The van der Waals surface area contributed by atoms with Crippen molar-refractivity contribution in [3.05, 3.63) is 59.0 Å². The lowest BCUT2D eigenvalue weighted by atomic mass is 9.93. The van der Waals surface area contributed by atoms with Gasteiger partial charge in [-0.1, -0.05) is 36.0 Å². The Labute approximate surface area is 127 Å². The summed E-state index contributed by atoms with van der Waals surface area (Å²) in [5.41, 5.74) is 7.85. The van der Waals surface area contributed by atoms with Gasteiger partial charge >= 0.3 is 0 Å². The summed E-state index contributed by atoms with van der Waals surface area (Å²) >= 11 is 11.0. The molecule has 0 saturated heterocycles. The summed E-state index contributed by atoms with van der Waals surface area (Å²) in [5, 5.41) is 0.709. The van der Waals surface area contributed by atoms with Crippen molar-refractivity contribution in [2.75, 3.05) is 0 Å². The normalized spacial score (nSPS) is 21.8. The monoisotopic (exact) mass is 304 g/mol. The number of rotatable bonds is 3. The molecule has 2 heterocycles. The van der Waals surface area contributed by atoms with Crippen LogP contribution >= 0.6 is 23.8 Å². The minimum Gasteiger partial charge on any atom is -0.469 e. The average molecular weight is 305 g/mol. The Morgan fingerprint density at radius 3 is 2.65 bits per heavy atom. The van der Waals surface area contributed by atoms with Crippen LogP contribution in [0.3, 0.4) is 0 Å². The lowest BCUT2D eigenvalue weighted by Crippen LogP contribution is -2.28. The first kappa shape index (κ1) is 13.3. The van der Waals surface area contributed by atoms with E-state index in [2.05, 4.69) is 4.99 Å². The van der Waals surface area contributed by atoms with Gasteiger partial charge in [0, 0.05) is 17.2 Å². The molecule has 1 aliphatic heterocycles. The van der Waals surface area contributed by atoms with Gasteiger partial charge in [0.2, 0.25) is 0 Å². The van der Waals surface area contributed by atoms with Crippen molar-refractivity contribution < 1.29 is 4.42 Å². The molecule has 0 spiro atoms. The molecule has 1 aromatic carbocycles. The summed E-state index contributed by atoms with van der Waals surface area (Å²) in [7, 11) is 0. The second-order valence-electron chi connectivity index (χ2n) is 4.76. The van der Waals surface area contributed by atoms with Crippen LogP contribution in [-0.2, 0) is 0 Å². The first-order valence-corrected chi connectivity index (χ1v) is 7.09. The molecule has 102 valence electrons. The zero-order valence-corrected chi connectivity index (χ0v) is 12.2. The van der Waals surface area contributed by atoms with Crippen LogP contribution in [0, 0.1) is 0 Å². The molecule has 2 unspecified atom stereocenters. The Morgan fingerprint density at radius 2 is 2.05 bits per heavy atom.